The second-order valence-corrected chi connectivity index (χ2v) is 7.64. The maximum atomic E-state index is 12.8. The summed E-state index contributed by atoms with van der Waals surface area (Å²) in [6.45, 7) is 1.65. The quantitative estimate of drug-likeness (QED) is 0.509. The van der Waals surface area contributed by atoms with Gasteiger partial charge in [-0.05, 0) is 36.8 Å². The van der Waals surface area contributed by atoms with Gasteiger partial charge in [0.05, 0.1) is 40.2 Å². The third-order valence-electron chi connectivity index (χ3n) is 3.96. The molecule has 27 heavy (non-hydrogen) atoms. The molecule has 0 saturated heterocycles. The summed E-state index contributed by atoms with van der Waals surface area (Å²) in [6.07, 6.45) is 4.48. The summed E-state index contributed by atoms with van der Waals surface area (Å²) in [6, 6.07) is 11.8. The molecule has 0 N–H and O–H groups in total. The van der Waals surface area contributed by atoms with Crippen LogP contribution in [0, 0.1) is 29.6 Å². The van der Waals surface area contributed by atoms with E-state index in [2.05, 4.69) is 10.1 Å². The van der Waals surface area contributed by atoms with Gasteiger partial charge in [-0.3, -0.25) is 4.40 Å². The van der Waals surface area contributed by atoms with Gasteiger partial charge < -0.3 is 0 Å². The van der Waals surface area contributed by atoms with Crippen molar-refractivity contribution in [3.05, 3.63) is 65.1 Å². The first-order valence-electron chi connectivity index (χ1n) is 7.77. The number of nitrogens with zero attached hydrogens (tertiary/aromatic N) is 6. The lowest BCUT2D eigenvalue weighted by Crippen LogP contribution is -2.23. The van der Waals surface area contributed by atoms with Crippen molar-refractivity contribution in [3.8, 4) is 12.1 Å². The first kappa shape index (κ1) is 18.1. The minimum Gasteiger partial charge on any atom is -0.297 e. The van der Waals surface area contributed by atoms with Crippen LogP contribution in [0.4, 0.5) is 0 Å². The van der Waals surface area contributed by atoms with Crippen LogP contribution >= 0.6 is 0 Å². The Bertz CT molecular complexity index is 1250. The largest absolute Gasteiger partial charge is 0.297 e. The predicted molar refractivity (Wildman–Crippen MR) is 98.3 cm³/mol. The highest BCUT2D eigenvalue weighted by molar-refractivity contribution is 7.89. The van der Waals surface area contributed by atoms with Crippen molar-refractivity contribution in [3.63, 3.8) is 0 Å². The van der Waals surface area contributed by atoms with Crippen LogP contribution in [0.15, 0.2) is 52.7 Å². The Hall–Kier alpha value is -3.69. The van der Waals surface area contributed by atoms with E-state index >= 15 is 0 Å². The third kappa shape index (κ3) is 3.36. The average molecular weight is 378 g/mol. The summed E-state index contributed by atoms with van der Waals surface area (Å²) in [5.41, 5.74) is 2.34. The monoisotopic (exact) mass is 378 g/mol. The summed E-state index contributed by atoms with van der Waals surface area (Å²) >= 11 is 0. The fraction of sp³-hybridized carbons (Fsp3) is 0.111. The lowest BCUT2D eigenvalue weighted by molar-refractivity contribution is 0.490. The average Bonchev–Trinajstić information content (AvgIpc) is 3.08. The second-order valence-electron chi connectivity index (χ2n) is 5.72. The summed E-state index contributed by atoms with van der Waals surface area (Å²) in [5, 5.41) is 22.0. The molecule has 0 radical (unpaired) electrons. The Labute approximate surface area is 156 Å². The zero-order valence-corrected chi connectivity index (χ0v) is 15.3. The SMILES string of the molecule is Cc1ccc(C#N)cc1S(=O)(=O)N(C)N=Cc1cnc2ccc(C#N)cn12. The lowest BCUT2D eigenvalue weighted by Gasteiger charge is -2.15. The molecule has 0 bridgehead atoms. The van der Waals surface area contributed by atoms with E-state index < -0.39 is 10.0 Å². The van der Waals surface area contributed by atoms with Crippen molar-refractivity contribution in [2.45, 2.75) is 11.8 Å². The Morgan fingerprint density at radius 3 is 2.59 bits per heavy atom. The molecule has 1 aromatic carbocycles. The summed E-state index contributed by atoms with van der Waals surface area (Å²) in [5.74, 6) is 0. The molecule has 9 heteroatoms. The van der Waals surface area contributed by atoms with E-state index in [1.807, 2.05) is 12.1 Å². The van der Waals surface area contributed by atoms with Crippen molar-refractivity contribution in [1.29, 1.82) is 10.5 Å². The Balaban J connectivity index is 1.96. The number of pyridine rings is 1. The number of hydrazone groups is 1. The standard InChI is InChI=1S/C18H14N6O2S/c1-13-3-4-14(8-19)7-17(13)27(25,26)23(2)22-11-16-10-21-18-6-5-15(9-20)12-24(16)18/h3-7,10-12H,1-2H3. The van der Waals surface area contributed by atoms with E-state index in [0.717, 1.165) is 4.41 Å². The van der Waals surface area contributed by atoms with Crippen LogP contribution in [-0.4, -0.2) is 35.5 Å². The minimum absolute atomic E-state index is 0.0195. The molecule has 0 aliphatic heterocycles. The van der Waals surface area contributed by atoms with Gasteiger partial charge in [0.2, 0.25) is 0 Å². The molecule has 0 atom stereocenters. The predicted octanol–water partition coefficient (Wildman–Crippen LogP) is 2.04. The smallest absolute Gasteiger partial charge is 0.279 e. The number of benzene rings is 1. The highest BCUT2D eigenvalue weighted by Crippen LogP contribution is 2.20. The maximum Gasteiger partial charge on any atom is 0.279 e. The van der Waals surface area contributed by atoms with Gasteiger partial charge in [-0.15, -0.1) is 0 Å². The zero-order valence-electron chi connectivity index (χ0n) is 14.5. The van der Waals surface area contributed by atoms with E-state index in [0.29, 0.717) is 22.5 Å². The highest BCUT2D eigenvalue weighted by Gasteiger charge is 2.22. The molecule has 3 rings (SSSR count). The molecule has 0 fully saturated rings. The summed E-state index contributed by atoms with van der Waals surface area (Å²) in [4.78, 5) is 4.21. The number of rotatable bonds is 4. The normalized spacial score (nSPS) is 11.4. The molecule has 2 aromatic heterocycles. The zero-order chi connectivity index (χ0) is 19.6. The van der Waals surface area contributed by atoms with Gasteiger partial charge in [-0.25, -0.2) is 4.98 Å². The number of hydrogen-bond donors (Lipinski definition) is 0. The van der Waals surface area contributed by atoms with Gasteiger partial charge in [0, 0.05) is 13.2 Å². The van der Waals surface area contributed by atoms with E-state index in [1.54, 1.807) is 41.8 Å². The Morgan fingerprint density at radius 2 is 1.89 bits per heavy atom. The van der Waals surface area contributed by atoms with Crippen LogP contribution in [0.1, 0.15) is 22.4 Å². The fourth-order valence-electron chi connectivity index (χ4n) is 2.45. The van der Waals surface area contributed by atoms with Gasteiger partial charge in [0.15, 0.2) is 0 Å². The van der Waals surface area contributed by atoms with Crippen molar-refractivity contribution in [1.82, 2.24) is 13.8 Å². The minimum atomic E-state index is -3.92. The van der Waals surface area contributed by atoms with Gasteiger partial charge in [-0.2, -0.15) is 28.5 Å². The highest BCUT2D eigenvalue weighted by atomic mass is 32.2. The van der Waals surface area contributed by atoms with Crippen LogP contribution in [-0.2, 0) is 10.0 Å². The number of aryl methyl sites for hydroxylation is 1. The first-order chi connectivity index (χ1) is 12.9. The molecule has 134 valence electrons. The summed E-state index contributed by atoms with van der Waals surface area (Å²) in [7, 11) is -2.61. The van der Waals surface area contributed by atoms with Gasteiger partial charge >= 0.3 is 0 Å². The Morgan fingerprint density at radius 1 is 1.19 bits per heavy atom. The van der Waals surface area contributed by atoms with E-state index in [-0.39, 0.29) is 10.5 Å². The molecule has 0 unspecified atom stereocenters. The lowest BCUT2D eigenvalue weighted by atomic mass is 10.2. The molecule has 2 heterocycles. The van der Waals surface area contributed by atoms with E-state index in [1.165, 1.54) is 25.5 Å². The van der Waals surface area contributed by atoms with Crippen LogP contribution in [0.3, 0.4) is 0 Å². The molecule has 0 aliphatic carbocycles. The topological polar surface area (TPSA) is 115 Å². The van der Waals surface area contributed by atoms with Gasteiger partial charge in [0.25, 0.3) is 10.0 Å². The molecule has 0 aliphatic rings. The van der Waals surface area contributed by atoms with Crippen LogP contribution in [0.2, 0.25) is 0 Å². The maximum absolute atomic E-state index is 12.8. The van der Waals surface area contributed by atoms with E-state index in [4.69, 9.17) is 10.5 Å². The molecule has 0 saturated carbocycles. The van der Waals surface area contributed by atoms with Crippen LogP contribution in [0.5, 0.6) is 0 Å². The number of sulfonamides is 1. The van der Waals surface area contributed by atoms with Gasteiger partial charge in [-0.1, -0.05) is 6.07 Å². The van der Waals surface area contributed by atoms with Crippen LogP contribution in [0.25, 0.3) is 5.65 Å². The second kappa shape index (κ2) is 6.90. The van der Waals surface area contributed by atoms with Crippen molar-refractivity contribution in [2.24, 2.45) is 5.10 Å². The number of imidazole rings is 1. The van der Waals surface area contributed by atoms with E-state index in [9.17, 15) is 8.42 Å². The van der Waals surface area contributed by atoms with Crippen LogP contribution < -0.4 is 0 Å². The molecule has 3 aromatic rings. The molecule has 8 nitrogen and oxygen atoms in total. The van der Waals surface area contributed by atoms with Crippen molar-refractivity contribution >= 4 is 21.9 Å². The molecular formula is C18H14N6O2S. The number of aromatic nitrogens is 2. The number of nitriles is 2. The van der Waals surface area contributed by atoms with Crippen molar-refractivity contribution in [2.75, 3.05) is 7.05 Å². The molecule has 0 amide bonds. The first-order valence-corrected chi connectivity index (χ1v) is 9.21. The molecule has 0 spiro atoms. The fourth-order valence-corrected chi connectivity index (χ4v) is 3.66. The van der Waals surface area contributed by atoms with Gasteiger partial charge in [0.1, 0.15) is 11.7 Å². The number of fused-ring (bicyclic) bond motifs is 1. The molecular weight excluding hydrogens is 364 g/mol. The number of hydrogen-bond acceptors (Lipinski definition) is 6. The summed E-state index contributed by atoms with van der Waals surface area (Å²) < 4.78 is 28.0. The third-order valence-corrected chi connectivity index (χ3v) is 5.74. The Kier molecular flexibility index (Phi) is 4.63. The van der Waals surface area contributed by atoms with Crippen molar-refractivity contribution < 1.29 is 8.42 Å².